The number of nitrogens with zero attached hydrogens (tertiary/aromatic N) is 1. The Morgan fingerprint density at radius 1 is 1.12 bits per heavy atom. The van der Waals surface area contributed by atoms with Crippen LogP contribution in [-0.2, 0) is 9.59 Å². The summed E-state index contributed by atoms with van der Waals surface area (Å²) in [5.74, 6) is 0.891. The lowest BCUT2D eigenvalue weighted by Crippen LogP contribution is -2.39. The maximum atomic E-state index is 11.6. The van der Waals surface area contributed by atoms with Gasteiger partial charge >= 0.3 is 0 Å². The van der Waals surface area contributed by atoms with Crippen LogP contribution < -0.4 is 5.32 Å². The minimum atomic E-state index is -0.0370. The van der Waals surface area contributed by atoms with E-state index in [9.17, 15) is 9.59 Å². The summed E-state index contributed by atoms with van der Waals surface area (Å²) >= 11 is 0. The van der Waals surface area contributed by atoms with Crippen LogP contribution in [0.25, 0.3) is 0 Å². The summed E-state index contributed by atoms with van der Waals surface area (Å²) in [6.45, 7) is 9.11. The van der Waals surface area contributed by atoms with Gasteiger partial charge in [-0.05, 0) is 18.3 Å². The smallest absolute Gasteiger partial charge is 0.241 e. The lowest BCUT2D eigenvalue weighted by Gasteiger charge is -2.19. The van der Waals surface area contributed by atoms with Crippen LogP contribution in [0.2, 0.25) is 0 Å². The van der Waals surface area contributed by atoms with Crippen molar-refractivity contribution in [2.75, 3.05) is 20.1 Å². The van der Waals surface area contributed by atoms with Crippen LogP contribution in [0.5, 0.6) is 0 Å². The number of carbonyl (C=O) groups is 2. The Bertz CT molecular complexity index is 250. The van der Waals surface area contributed by atoms with Gasteiger partial charge in [-0.3, -0.25) is 9.59 Å². The van der Waals surface area contributed by atoms with E-state index in [-0.39, 0.29) is 18.4 Å². The molecule has 0 atom stereocenters. The molecule has 0 saturated heterocycles. The molecule has 0 radical (unpaired) electrons. The Kier molecular flexibility index (Phi) is 7.59. The number of rotatable bonds is 7. The van der Waals surface area contributed by atoms with Crippen molar-refractivity contribution in [2.24, 2.45) is 11.8 Å². The molecule has 0 spiro atoms. The van der Waals surface area contributed by atoms with E-state index in [4.69, 9.17) is 0 Å². The third kappa shape index (κ3) is 8.72. The highest BCUT2D eigenvalue weighted by Crippen LogP contribution is 2.02. The zero-order valence-electron chi connectivity index (χ0n) is 11.7. The van der Waals surface area contributed by atoms with E-state index < -0.39 is 0 Å². The molecule has 0 heterocycles. The van der Waals surface area contributed by atoms with Crippen LogP contribution in [0, 0.1) is 11.8 Å². The second kappa shape index (κ2) is 8.09. The van der Waals surface area contributed by atoms with E-state index in [0.29, 0.717) is 18.3 Å². The van der Waals surface area contributed by atoms with Crippen molar-refractivity contribution in [1.29, 1.82) is 0 Å². The first-order valence-corrected chi connectivity index (χ1v) is 6.33. The molecule has 0 unspecified atom stereocenters. The third-order valence-electron chi connectivity index (χ3n) is 2.45. The summed E-state index contributed by atoms with van der Waals surface area (Å²) in [5, 5.41) is 2.66. The molecule has 4 nitrogen and oxygen atoms in total. The molecule has 0 aromatic heterocycles. The van der Waals surface area contributed by atoms with E-state index in [1.54, 1.807) is 11.9 Å². The van der Waals surface area contributed by atoms with Crippen LogP contribution in [0.15, 0.2) is 0 Å². The largest absolute Gasteiger partial charge is 0.347 e. The van der Waals surface area contributed by atoms with Crippen molar-refractivity contribution in [3.05, 3.63) is 0 Å². The fraction of sp³-hybridized carbons (Fsp3) is 0.846. The van der Waals surface area contributed by atoms with E-state index in [0.717, 1.165) is 13.0 Å². The molecule has 0 aliphatic heterocycles. The average molecular weight is 242 g/mol. The van der Waals surface area contributed by atoms with Gasteiger partial charge in [-0.15, -0.1) is 0 Å². The molecule has 0 fully saturated rings. The highest BCUT2D eigenvalue weighted by atomic mass is 16.2. The van der Waals surface area contributed by atoms with Crippen LogP contribution in [0.3, 0.4) is 0 Å². The maximum absolute atomic E-state index is 11.6. The fourth-order valence-corrected chi connectivity index (χ4v) is 1.47. The fourth-order valence-electron chi connectivity index (χ4n) is 1.47. The number of hydrogen-bond donors (Lipinski definition) is 1. The summed E-state index contributed by atoms with van der Waals surface area (Å²) in [4.78, 5) is 24.7. The molecule has 0 saturated carbocycles. The Labute approximate surface area is 105 Å². The van der Waals surface area contributed by atoms with E-state index in [1.165, 1.54) is 0 Å². The predicted octanol–water partition coefficient (Wildman–Crippen LogP) is 1.65. The summed E-state index contributed by atoms with van der Waals surface area (Å²) in [6, 6.07) is 0. The third-order valence-corrected chi connectivity index (χ3v) is 2.45. The average Bonchev–Trinajstić information content (AvgIpc) is 2.21. The number of likely N-dealkylation sites (N-methyl/N-ethyl adjacent to an activating group) is 1. The van der Waals surface area contributed by atoms with Gasteiger partial charge in [0, 0.05) is 20.0 Å². The molecular formula is C13H26N2O2. The highest BCUT2D eigenvalue weighted by molar-refractivity contribution is 5.84. The van der Waals surface area contributed by atoms with Gasteiger partial charge in [-0.25, -0.2) is 0 Å². The molecule has 100 valence electrons. The Morgan fingerprint density at radius 3 is 2.18 bits per heavy atom. The minimum Gasteiger partial charge on any atom is -0.347 e. The van der Waals surface area contributed by atoms with Gasteiger partial charge in [0.2, 0.25) is 11.8 Å². The van der Waals surface area contributed by atoms with Gasteiger partial charge in [0.1, 0.15) is 0 Å². The van der Waals surface area contributed by atoms with Gasteiger partial charge in [0.05, 0.1) is 6.54 Å². The summed E-state index contributed by atoms with van der Waals surface area (Å²) in [5.41, 5.74) is 0. The van der Waals surface area contributed by atoms with Crippen molar-refractivity contribution < 1.29 is 9.59 Å². The zero-order chi connectivity index (χ0) is 13.4. The Hall–Kier alpha value is -1.06. The van der Waals surface area contributed by atoms with Gasteiger partial charge in [-0.1, -0.05) is 27.7 Å². The molecule has 0 bridgehead atoms. The zero-order valence-corrected chi connectivity index (χ0v) is 11.7. The number of carbonyl (C=O) groups excluding carboxylic acids is 2. The SMILES string of the molecule is CC(C)CCC(=O)NCC(=O)N(C)CC(C)C. The van der Waals surface area contributed by atoms with Crippen LogP contribution in [0.1, 0.15) is 40.5 Å². The van der Waals surface area contributed by atoms with Crippen LogP contribution >= 0.6 is 0 Å². The van der Waals surface area contributed by atoms with E-state index in [2.05, 4.69) is 33.0 Å². The van der Waals surface area contributed by atoms with Crippen molar-refractivity contribution in [3.8, 4) is 0 Å². The summed E-state index contributed by atoms with van der Waals surface area (Å²) < 4.78 is 0. The molecule has 0 rings (SSSR count). The molecule has 0 aliphatic carbocycles. The van der Waals surface area contributed by atoms with Gasteiger partial charge in [-0.2, -0.15) is 0 Å². The Morgan fingerprint density at radius 2 is 1.71 bits per heavy atom. The number of hydrogen-bond acceptors (Lipinski definition) is 2. The lowest BCUT2D eigenvalue weighted by atomic mass is 10.1. The number of amides is 2. The second-order valence-electron chi connectivity index (χ2n) is 5.38. The summed E-state index contributed by atoms with van der Waals surface area (Å²) in [7, 11) is 1.77. The topological polar surface area (TPSA) is 49.4 Å². The number of nitrogens with one attached hydrogen (secondary N) is 1. The molecule has 0 aromatic carbocycles. The normalized spacial score (nSPS) is 10.8. The van der Waals surface area contributed by atoms with Gasteiger partial charge in [0.25, 0.3) is 0 Å². The first-order chi connectivity index (χ1) is 7.82. The van der Waals surface area contributed by atoms with Crippen LogP contribution in [-0.4, -0.2) is 36.9 Å². The highest BCUT2D eigenvalue weighted by Gasteiger charge is 2.11. The predicted molar refractivity (Wildman–Crippen MR) is 69.6 cm³/mol. The maximum Gasteiger partial charge on any atom is 0.241 e. The molecular weight excluding hydrogens is 216 g/mol. The monoisotopic (exact) mass is 242 g/mol. The van der Waals surface area contributed by atoms with Crippen molar-refractivity contribution in [3.63, 3.8) is 0 Å². The first-order valence-electron chi connectivity index (χ1n) is 6.33. The standard InChI is InChI=1S/C13H26N2O2/c1-10(2)6-7-12(16)14-8-13(17)15(5)9-11(3)4/h10-11H,6-9H2,1-5H3,(H,14,16). The Balaban J connectivity index is 3.79. The summed E-state index contributed by atoms with van der Waals surface area (Å²) in [6.07, 6.45) is 1.36. The van der Waals surface area contributed by atoms with Crippen molar-refractivity contribution in [1.82, 2.24) is 10.2 Å². The molecule has 1 N–H and O–H groups in total. The minimum absolute atomic E-state index is 0.0309. The molecule has 4 heteroatoms. The molecule has 0 aliphatic rings. The van der Waals surface area contributed by atoms with Crippen molar-refractivity contribution in [2.45, 2.75) is 40.5 Å². The second-order valence-corrected chi connectivity index (χ2v) is 5.38. The molecule has 0 aromatic rings. The van der Waals surface area contributed by atoms with Gasteiger partial charge < -0.3 is 10.2 Å². The molecule has 2 amide bonds. The lowest BCUT2D eigenvalue weighted by molar-refractivity contribution is -0.132. The van der Waals surface area contributed by atoms with Crippen molar-refractivity contribution >= 4 is 11.8 Å². The molecule has 17 heavy (non-hydrogen) atoms. The quantitative estimate of drug-likeness (QED) is 0.738. The van der Waals surface area contributed by atoms with Gasteiger partial charge in [0.15, 0.2) is 0 Å². The van der Waals surface area contributed by atoms with E-state index >= 15 is 0 Å². The van der Waals surface area contributed by atoms with E-state index in [1.807, 2.05) is 0 Å². The first kappa shape index (κ1) is 15.9. The van der Waals surface area contributed by atoms with Crippen LogP contribution in [0.4, 0.5) is 0 Å².